The molecule has 9 heteroatoms. The van der Waals surface area contributed by atoms with Gasteiger partial charge in [-0.15, -0.1) is 11.3 Å². The molecule has 0 aliphatic rings. The molecule has 2 aromatic carbocycles. The number of benzene rings is 2. The van der Waals surface area contributed by atoms with E-state index in [0.29, 0.717) is 38.1 Å². The van der Waals surface area contributed by atoms with E-state index in [1.165, 1.54) is 50.1 Å². The Kier molecular flexibility index (Phi) is 6.23. The Morgan fingerprint density at radius 1 is 1.00 bits per heavy atom. The van der Waals surface area contributed by atoms with Gasteiger partial charge in [-0.1, -0.05) is 0 Å². The van der Waals surface area contributed by atoms with Crippen LogP contribution in [0.2, 0.25) is 0 Å². The van der Waals surface area contributed by atoms with E-state index >= 15 is 0 Å². The summed E-state index contributed by atoms with van der Waals surface area (Å²) in [7, 11) is 2.97. The second-order valence-corrected chi connectivity index (χ2v) is 7.86. The van der Waals surface area contributed by atoms with Crippen LogP contribution in [0.25, 0.3) is 21.7 Å². The SMILES string of the molecule is COc1cc2sc(C=C(C(=O)O)c3ccncc3)c(Oc3ccc(F)cc3F)c2cc1OC. The molecule has 0 atom stereocenters. The van der Waals surface area contributed by atoms with Crippen LogP contribution in [-0.4, -0.2) is 30.3 Å². The first-order valence-electron chi connectivity index (χ1n) is 9.58. The highest BCUT2D eigenvalue weighted by Gasteiger charge is 2.21. The summed E-state index contributed by atoms with van der Waals surface area (Å²) in [6, 6.07) is 9.47. The van der Waals surface area contributed by atoms with Gasteiger partial charge in [0.25, 0.3) is 0 Å². The van der Waals surface area contributed by atoms with Crippen molar-refractivity contribution in [3.8, 4) is 23.0 Å². The molecular formula is C24H17F2NO5S. The quantitative estimate of drug-likeness (QED) is 0.334. The summed E-state index contributed by atoms with van der Waals surface area (Å²) >= 11 is 1.23. The summed E-state index contributed by atoms with van der Waals surface area (Å²) in [6.45, 7) is 0. The zero-order valence-electron chi connectivity index (χ0n) is 17.5. The normalized spacial score (nSPS) is 11.5. The molecule has 0 radical (unpaired) electrons. The van der Waals surface area contributed by atoms with Crippen molar-refractivity contribution in [2.24, 2.45) is 0 Å². The number of pyridine rings is 1. The maximum atomic E-state index is 14.4. The van der Waals surface area contributed by atoms with Crippen molar-refractivity contribution >= 4 is 39.0 Å². The lowest BCUT2D eigenvalue weighted by Gasteiger charge is -2.10. The molecule has 0 fully saturated rings. The van der Waals surface area contributed by atoms with Gasteiger partial charge in [0.2, 0.25) is 0 Å². The average molecular weight is 469 g/mol. The van der Waals surface area contributed by atoms with Crippen molar-refractivity contribution in [2.75, 3.05) is 14.2 Å². The van der Waals surface area contributed by atoms with E-state index in [9.17, 15) is 18.7 Å². The van der Waals surface area contributed by atoms with Gasteiger partial charge in [0.05, 0.1) is 24.7 Å². The Bertz CT molecular complexity index is 1370. The van der Waals surface area contributed by atoms with Crippen molar-refractivity contribution in [2.45, 2.75) is 0 Å². The van der Waals surface area contributed by atoms with Crippen LogP contribution >= 0.6 is 11.3 Å². The first-order chi connectivity index (χ1) is 15.9. The molecule has 0 unspecified atom stereocenters. The highest BCUT2D eigenvalue weighted by molar-refractivity contribution is 7.20. The number of carbonyl (C=O) groups is 1. The second-order valence-electron chi connectivity index (χ2n) is 6.77. The summed E-state index contributed by atoms with van der Waals surface area (Å²) in [5.74, 6) is -1.92. The predicted molar refractivity (Wildman–Crippen MR) is 121 cm³/mol. The molecule has 4 rings (SSSR count). The van der Waals surface area contributed by atoms with Gasteiger partial charge in [-0.2, -0.15) is 0 Å². The van der Waals surface area contributed by atoms with Gasteiger partial charge in [0.1, 0.15) is 5.82 Å². The third kappa shape index (κ3) is 4.49. The van der Waals surface area contributed by atoms with Crippen LogP contribution in [0.15, 0.2) is 54.9 Å². The number of nitrogens with zero attached hydrogens (tertiary/aromatic N) is 1. The molecule has 0 saturated carbocycles. The monoisotopic (exact) mass is 469 g/mol. The minimum Gasteiger partial charge on any atom is -0.493 e. The Hall–Kier alpha value is -3.98. The van der Waals surface area contributed by atoms with Gasteiger partial charge in [0.15, 0.2) is 28.8 Å². The molecule has 1 N–H and O–H groups in total. The van der Waals surface area contributed by atoms with Crippen LogP contribution in [0, 0.1) is 11.6 Å². The predicted octanol–water partition coefficient (Wildman–Crippen LogP) is 6.01. The van der Waals surface area contributed by atoms with Crippen LogP contribution < -0.4 is 14.2 Å². The van der Waals surface area contributed by atoms with E-state index in [1.807, 2.05) is 0 Å². The van der Waals surface area contributed by atoms with Crippen molar-refractivity contribution < 1.29 is 32.9 Å². The average Bonchev–Trinajstić information content (AvgIpc) is 3.14. The highest BCUT2D eigenvalue weighted by Crippen LogP contribution is 2.46. The topological polar surface area (TPSA) is 77.9 Å². The Morgan fingerprint density at radius 3 is 2.33 bits per heavy atom. The standard InChI is InChI=1S/C24H17F2NO5S/c1-30-19-10-16-21(12-20(19)31-2)33-22(11-15(24(28)29)13-5-7-27-8-6-13)23(16)32-18-4-3-14(25)9-17(18)26/h3-12H,1-2H3,(H,28,29). The maximum absolute atomic E-state index is 14.4. The first kappa shape index (κ1) is 22.2. The van der Waals surface area contributed by atoms with Crippen molar-refractivity contribution in [1.82, 2.24) is 4.98 Å². The molecule has 168 valence electrons. The van der Waals surface area contributed by atoms with E-state index in [0.717, 1.165) is 6.07 Å². The number of ether oxygens (including phenoxy) is 3. The van der Waals surface area contributed by atoms with E-state index < -0.39 is 17.6 Å². The summed E-state index contributed by atoms with van der Waals surface area (Å²) < 4.78 is 45.0. The number of fused-ring (bicyclic) bond motifs is 1. The van der Waals surface area contributed by atoms with Crippen molar-refractivity contribution in [3.05, 3.63) is 76.9 Å². The molecule has 0 saturated heterocycles. The number of carboxylic acid groups (broad SMARTS) is 1. The van der Waals surface area contributed by atoms with Crippen LogP contribution in [0.1, 0.15) is 10.4 Å². The molecule has 0 aliphatic carbocycles. The van der Waals surface area contributed by atoms with Crippen molar-refractivity contribution in [1.29, 1.82) is 0 Å². The van der Waals surface area contributed by atoms with Gasteiger partial charge < -0.3 is 19.3 Å². The van der Waals surface area contributed by atoms with E-state index in [-0.39, 0.29) is 17.1 Å². The number of aromatic nitrogens is 1. The number of rotatable bonds is 7. The number of aliphatic carboxylic acids is 1. The molecule has 4 aromatic rings. The third-order valence-electron chi connectivity index (χ3n) is 4.78. The summed E-state index contributed by atoms with van der Waals surface area (Å²) in [5, 5.41) is 10.4. The van der Waals surface area contributed by atoms with E-state index in [2.05, 4.69) is 4.98 Å². The third-order valence-corrected chi connectivity index (χ3v) is 5.86. The zero-order valence-corrected chi connectivity index (χ0v) is 18.3. The van der Waals surface area contributed by atoms with Gasteiger partial charge in [-0.05, 0) is 42.0 Å². The highest BCUT2D eigenvalue weighted by atomic mass is 32.1. The molecule has 2 aromatic heterocycles. The zero-order chi connectivity index (χ0) is 23.5. The largest absolute Gasteiger partial charge is 0.493 e. The van der Waals surface area contributed by atoms with Crippen LogP contribution in [-0.2, 0) is 4.79 Å². The maximum Gasteiger partial charge on any atom is 0.336 e. The van der Waals surface area contributed by atoms with Gasteiger partial charge >= 0.3 is 5.97 Å². The number of hydrogen-bond acceptors (Lipinski definition) is 6. The Balaban J connectivity index is 1.95. The van der Waals surface area contributed by atoms with E-state index in [4.69, 9.17) is 14.2 Å². The summed E-state index contributed by atoms with van der Waals surface area (Å²) in [4.78, 5) is 16.3. The Labute approximate surface area is 191 Å². The minimum atomic E-state index is -1.16. The molecule has 0 aliphatic heterocycles. The molecule has 0 bridgehead atoms. The Morgan fingerprint density at radius 2 is 1.70 bits per heavy atom. The first-order valence-corrected chi connectivity index (χ1v) is 10.4. The lowest BCUT2D eigenvalue weighted by molar-refractivity contribution is -0.130. The van der Waals surface area contributed by atoms with Gasteiger partial charge in [0, 0.05) is 34.6 Å². The molecule has 33 heavy (non-hydrogen) atoms. The van der Waals surface area contributed by atoms with Gasteiger partial charge in [-0.25, -0.2) is 13.6 Å². The number of hydrogen-bond donors (Lipinski definition) is 1. The second kappa shape index (κ2) is 9.25. The van der Waals surface area contributed by atoms with Crippen LogP contribution in [0.4, 0.5) is 8.78 Å². The number of methoxy groups -OCH3 is 2. The number of halogens is 2. The fourth-order valence-corrected chi connectivity index (χ4v) is 4.30. The number of carboxylic acids is 1. The smallest absolute Gasteiger partial charge is 0.336 e. The lowest BCUT2D eigenvalue weighted by Crippen LogP contribution is -1.99. The van der Waals surface area contributed by atoms with Crippen molar-refractivity contribution in [3.63, 3.8) is 0 Å². The minimum absolute atomic E-state index is 0.00712. The number of thiophene rings is 1. The van der Waals surface area contributed by atoms with Gasteiger partial charge in [-0.3, -0.25) is 4.98 Å². The van der Waals surface area contributed by atoms with Crippen LogP contribution in [0.3, 0.4) is 0 Å². The summed E-state index contributed by atoms with van der Waals surface area (Å²) in [6.07, 6.45) is 4.41. The summed E-state index contributed by atoms with van der Waals surface area (Å²) in [5.41, 5.74) is 0.427. The molecule has 0 spiro atoms. The fraction of sp³-hybridized carbons (Fsp3) is 0.0833. The lowest BCUT2D eigenvalue weighted by atomic mass is 10.1. The molecule has 6 nitrogen and oxygen atoms in total. The van der Waals surface area contributed by atoms with E-state index in [1.54, 1.807) is 24.3 Å². The fourth-order valence-electron chi connectivity index (χ4n) is 3.22. The van der Waals surface area contributed by atoms with Crippen LogP contribution in [0.5, 0.6) is 23.0 Å². The molecule has 2 heterocycles. The molecular weight excluding hydrogens is 452 g/mol. The molecule has 0 amide bonds.